The number of guanidine groups is 1. The van der Waals surface area contributed by atoms with E-state index in [-0.39, 0.29) is 18.8 Å². The van der Waals surface area contributed by atoms with Crippen molar-refractivity contribution in [2.24, 2.45) is 22.2 Å². The molecule has 1 aromatic heterocycles. The Bertz CT molecular complexity index is 794. The molecule has 0 fully saturated rings. The molecule has 12 N–H and O–H groups in total. The number of aliphatic imine (C=N–C) groups is 1. The number of aliphatic hydroxyl groups excluding tert-OH is 1. The summed E-state index contributed by atoms with van der Waals surface area (Å²) in [5.74, 6) is -3.62. The fourth-order valence-electron chi connectivity index (χ4n) is 2.48. The third-order valence-corrected chi connectivity index (χ3v) is 4.16. The van der Waals surface area contributed by atoms with Crippen LogP contribution in [0.4, 0.5) is 0 Å². The molecule has 32 heavy (non-hydrogen) atoms. The zero-order valence-corrected chi connectivity index (χ0v) is 17.3. The second kappa shape index (κ2) is 13.6. The van der Waals surface area contributed by atoms with Gasteiger partial charge < -0.3 is 48.3 Å². The summed E-state index contributed by atoms with van der Waals surface area (Å²) in [6, 6.07) is -3.52. The quantitative estimate of drug-likeness (QED) is 0.0736. The van der Waals surface area contributed by atoms with Gasteiger partial charge in [0.1, 0.15) is 12.1 Å². The molecule has 1 aromatic rings. The van der Waals surface area contributed by atoms with Gasteiger partial charge in [0.25, 0.3) is 0 Å². The zero-order chi connectivity index (χ0) is 24.1. The first-order valence-corrected chi connectivity index (χ1v) is 9.63. The highest BCUT2D eigenvalue weighted by atomic mass is 16.4. The molecule has 3 amide bonds. The topological polar surface area (TPSA) is 264 Å². The summed E-state index contributed by atoms with van der Waals surface area (Å²) in [4.78, 5) is 58.1. The number of rotatable bonds is 14. The number of aromatic amines is 1. The van der Waals surface area contributed by atoms with Crippen molar-refractivity contribution in [2.75, 3.05) is 19.7 Å². The Morgan fingerprint density at radius 1 is 1.16 bits per heavy atom. The number of aliphatic carboxylic acids is 1. The molecule has 0 bridgehead atoms. The van der Waals surface area contributed by atoms with Crippen molar-refractivity contribution in [3.8, 4) is 0 Å². The average molecular weight is 455 g/mol. The highest BCUT2D eigenvalue weighted by Gasteiger charge is 2.25. The van der Waals surface area contributed by atoms with Crippen molar-refractivity contribution >= 4 is 29.7 Å². The van der Waals surface area contributed by atoms with Crippen molar-refractivity contribution in [1.82, 2.24) is 25.9 Å². The van der Waals surface area contributed by atoms with Gasteiger partial charge in [-0.25, -0.2) is 9.78 Å². The molecule has 0 radical (unpaired) electrons. The summed E-state index contributed by atoms with van der Waals surface area (Å²) in [7, 11) is 0. The van der Waals surface area contributed by atoms with Crippen LogP contribution in [-0.2, 0) is 25.6 Å². The van der Waals surface area contributed by atoms with Crippen LogP contribution < -0.4 is 33.2 Å². The SMILES string of the molecule is NC(N)=NCCCC(N)C(=O)NC(Cc1cnc[nH]1)C(=O)NCC(=O)NC(CO)C(=O)O. The van der Waals surface area contributed by atoms with E-state index < -0.39 is 55.0 Å². The minimum absolute atomic E-state index is 0.0360. The molecule has 0 aliphatic heterocycles. The highest BCUT2D eigenvalue weighted by molar-refractivity contribution is 5.92. The maximum Gasteiger partial charge on any atom is 0.328 e. The van der Waals surface area contributed by atoms with E-state index >= 15 is 0 Å². The molecule has 3 atom stereocenters. The largest absolute Gasteiger partial charge is 0.480 e. The standard InChI is InChI=1S/C17H29N9O6/c18-10(2-1-3-22-17(19)20)14(29)26-11(4-9-5-21-8-24-9)15(30)23-6-13(28)25-12(7-27)16(31)32/h5,8,10-12,27H,1-4,6-7,18H2,(H,21,24)(H,23,30)(H,25,28)(H,26,29)(H,31,32)(H4,19,20,22). The number of carboxylic acids is 1. The lowest BCUT2D eigenvalue weighted by Crippen LogP contribution is -2.54. The number of nitrogens with zero attached hydrogens (tertiary/aromatic N) is 2. The number of nitrogens with two attached hydrogens (primary N) is 3. The number of carboxylic acid groups (broad SMARTS) is 1. The third-order valence-electron chi connectivity index (χ3n) is 4.16. The Kier molecular flexibility index (Phi) is 11.1. The molecule has 0 spiro atoms. The van der Waals surface area contributed by atoms with Gasteiger partial charge in [-0.2, -0.15) is 0 Å². The van der Waals surface area contributed by atoms with E-state index in [0.29, 0.717) is 18.7 Å². The third kappa shape index (κ3) is 9.86. The van der Waals surface area contributed by atoms with Gasteiger partial charge in [0.2, 0.25) is 17.7 Å². The van der Waals surface area contributed by atoms with Gasteiger partial charge in [-0.1, -0.05) is 0 Å². The molecule has 0 aromatic carbocycles. The number of hydrogen-bond donors (Lipinski definition) is 9. The van der Waals surface area contributed by atoms with Crippen LogP contribution >= 0.6 is 0 Å². The van der Waals surface area contributed by atoms with Crippen molar-refractivity contribution in [1.29, 1.82) is 0 Å². The van der Waals surface area contributed by atoms with Gasteiger partial charge in [0.05, 0.1) is 25.5 Å². The molecule has 0 saturated carbocycles. The summed E-state index contributed by atoms with van der Waals surface area (Å²) in [6.45, 7) is -1.08. The number of hydrogen-bond acceptors (Lipinski definition) is 8. The van der Waals surface area contributed by atoms with Gasteiger partial charge in [-0.05, 0) is 12.8 Å². The first-order chi connectivity index (χ1) is 15.1. The number of H-pyrrole nitrogens is 1. The van der Waals surface area contributed by atoms with Crippen molar-refractivity contribution in [2.45, 2.75) is 37.4 Å². The summed E-state index contributed by atoms with van der Waals surface area (Å²) < 4.78 is 0. The van der Waals surface area contributed by atoms with Crippen LogP contribution in [0.5, 0.6) is 0 Å². The minimum Gasteiger partial charge on any atom is -0.480 e. The van der Waals surface area contributed by atoms with Gasteiger partial charge in [0, 0.05) is 24.9 Å². The van der Waals surface area contributed by atoms with Crippen LogP contribution in [0.15, 0.2) is 17.5 Å². The van der Waals surface area contributed by atoms with E-state index in [9.17, 15) is 19.2 Å². The van der Waals surface area contributed by atoms with Crippen molar-refractivity contribution in [3.63, 3.8) is 0 Å². The lowest BCUT2D eigenvalue weighted by atomic mass is 10.1. The normalized spacial score (nSPS) is 13.3. The second-order valence-corrected chi connectivity index (χ2v) is 6.76. The predicted molar refractivity (Wildman–Crippen MR) is 112 cm³/mol. The Hall–Kier alpha value is -3.72. The maximum absolute atomic E-state index is 12.6. The van der Waals surface area contributed by atoms with Crippen LogP contribution in [0.3, 0.4) is 0 Å². The average Bonchev–Trinajstić information content (AvgIpc) is 3.25. The smallest absolute Gasteiger partial charge is 0.328 e. The fraction of sp³-hybridized carbons (Fsp3) is 0.529. The molecule has 0 aliphatic rings. The highest BCUT2D eigenvalue weighted by Crippen LogP contribution is 2.02. The van der Waals surface area contributed by atoms with Gasteiger partial charge >= 0.3 is 5.97 Å². The van der Waals surface area contributed by atoms with E-state index in [0.717, 1.165) is 0 Å². The molecule has 0 saturated heterocycles. The van der Waals surface area contributed by atoms with Gasteiger partial charge in [-0.15, -0.1) is 0 Å². The first kappa shape index (κ1) is 26.3. The molecule has 178 valence electrons. The summed E-state index contributed by atoms with van der Waals surface area (Å²) in [5, 5.41) is 24.7. The van der Waals surface area contributed by atoms with Crippen LogP contribution in [-0.4, -0.2) is 87.7 Å². The number of aromatic nitrogens is 2. The fourth-order valence-corrected chi connectivity index (χ4v) is 2.48. The summed E-state index contributed by atoms with van der Waals surface area (Å²) >= 11 is 0. The lowest BCUT2D eigenvalue weighted by molar-refractivity contribution is -0.142. The molecular formula is C17H29N9O6. The Morgan fingerprint density at radius 3 is 2.44 bits per heavy atom. The van der Waals surface area contributed by atoms with E-state index in [1.165, 1.54) is 12.5 Å². The summed E-state index contributed by atoms with van der Waals surface area (Å²) in [6.07, 6.45) is 3.61. The number of carbonyl (C=O) groups excluding carboxylic acids is 3. The first-order valence-electron chi connectivity index (χ1n) is 9.63. The van der Waals surface area contributed by atoms with Crippen LogP contribution in [0.2, 0.25) is 0 Å². The van der Waals surface area contributed by atoms with Gasteiger partial charge in [-0.3, -0.25) is 19.4 Å². The number of amides is 3. The molecule has 0 aliphatic carbocycles. The van der Waals surface area contributed by atoms with Crippen molar-refractivity contribution in [3.05, 3.63) is 18.2 Å². The molecule has 1 heterocycles. The van der Waals surface area contributed by atoms with Crippen LogP contribution in [0.1, 0.15) is 18.5 Å². The van der Waals surface area contributed by atoms with Crippen LogP contribution in [0, 0.1) is 0 Å². The Morgan fingerprint density at radius 2 is 1.88 bits per heavy atom. The lowest BCUT2D eigenvalue weighted by Gasteiger charge is -2.20. The molecule has 1 rings (SSSR count). The number of aliphatic hydroxyl groups is 1. The zero-order valence-electron chi connectivity index (χ0n) is 17.3. The van der Waals surface area contributed by atoms with Crippen molar-refractivity contribution < 1.29 is 29.4 Å². The van der Waals surface area contributed by atoms with Crippen LogP contribution in [0.25, 0.3) is 0 Å². The summed E-state index contributed by atoms with van der Waals surface area (Å²) in [5.41, 5.74) is 16.9. The minimum atomic E-state index is -1.50. The Labute approximate surface area is 183 Å². The van der Waals surface area contributed by atoms with Gasteiger partial charge in [0.15, 0.2) is 5.96 Å². The second-order valence-electron chi connectivity index (χ2n) is 6.76. The number of carbonyl (C=O) groups is 4. The predicted octanol–water partition coefficient (Wildman–Crippen LogP) is -4.50. The molecule has 15 nitrogen and oxygen atoms in total. The number of nitrogens with one attached hydrogen (secondary N) is 4. The molecular weight excluding hydrogens is 426 g/mol. The maximum atomic E-state index is 12.6. The van der Waals surface area contributed by atoms with E-state index in [4.69, 9.17) is 27.4 Å². The van der Waals surface area contributed by atoms with E-state index in [2.05, 4.69) is 25.6 Å². The monoisotopic (exact) mass is 455 g/mol. The van der Waals surface area contributed by atoms with E-state index in [1.807, 2.05) is 5.32 Å². The molecule has 3 unspecified atom stereocenters. The van der Waals surface area contributed by atoms with E-state index in [1.54, 1.807) is 0 Å². The molecule has 15 heteroatoms. The Balaban J connectivity index is 2.67. The number of imidazole rings is 1.